The molecule has 10 nitrogen and oxygen atoms in total. The highest BCUT2D eigenvalue weighted by molar-refractivity contribution is 5.83. The van der Waals surface area contributed by atoms with Crippen LogP contribution in [0.1, 0.15) is 54.7 Å². The maximum atomic E-state index is 13.2. The van der Waals surface area contributed by atoms with Gasteiger partial charge in [0.05, 0.1) is 24.2 Å². The van der Waals surface area contributed by atoms with Gasteiger partial charge in [-0.25, -0.2) is 4.68 Å². The Labute approximate surface area is 220 Å². The average Bonchev–Trinajstić information content (AvgIpc) is 3.68. The van der Waals surface area contributed by atoms with Crippen molar-refractivity contribution >= 4 is 10.9 Å². The van der Waals surface area contributed by atoms with E-state index in [1.807, 2.05) is 22.9 Å². The molecule has 2 aromatic heterocycles. The molecule has 6 rings (SSSR count). The van der Waals surface area contributed by atoms with Gasteiger partial charge >= 0.3 is 0 Å². The lowest BCUT2D eigenvalue weighted by atomic mass is 10.1. The molecule has 0 unspecified atom stereocenters. The number of ether oxygens (including phenoxy) is 3. The molecule has 1 saturated heterocycles. The van der Waals surface area contributed by atoms with Crippen molar-refractivity contribution in [2.24, 2.45) is 0 Å². The van der Waals surface area contributed by atoms with E-state index in [2.05, 4.69) is 63.5 Å². The van der Waals surface area contributed by atoms with Gasteiger partial charge in [0.1, 0.15) is 0 Å². The molecule has 2 aliphatic heterocycles. The first-order valence-electron chi connectivity index (χ1n) is 13.2. The molecule has 2 aromatic carbocycles. The van der Waals surface area contributed by atoms with Crippen molar-refractivity contribution in [3.63, 3.8) is 0 Å². The Morgan fingerprint density at radius 2 is 1.95 bits per heavy atom. The first-order chi connectivity index (χ1) is 18.6. The van der Waals surface area contributed by atoms with Crippen molar-refractivity contribution < 1.29 is 14.2 Å². The Kier molecular flexibility index (Phi) is 6.82. The number of aromatic nitrogens is 5. The number of hydrogen-bond donors (Lipinski definition) is 1. The van der Waals surface area contributed by atoms with Crippen molar-refractivity contribution in [1.29, 1.82) is 0 Å². The van der Waals surface area contributed by atoms with Crippen LogP contribution in [0.5, 0.6) is 11.5 Å². The van der Waals surface area contributed by atoms with Gasteiger partial charge in [-0.3, -0.25) is 9.69 Å². The molecule has 0 amide bonds. The Hall–Kier alpha value is -3.76. The number of pyridine rings is 1. The summed E-state index contributed by atoms with van der Waals surface area (Å²) in [6.45, 7) is 6.87. The van der Waals surface area contributed by atoms with Crippen LogP contribution in [-0.2, 0) is 24.4 Å². The van der Waals surface area contributed by atoms with E-state index in [4.69, 9.17) is 14.2 Å². The third-order valence-corrected chi connectivity index (χ3v) is 7.38. The lowest BCUT2D eigenvalue weighted by molar-refractivity contribution is 0.0888. The maximum absolute atomic E-state index is 13.2. The molecule has 0 bridgehead atoms. The van der Waals surface area contributed by atoms with Gasteiger partial charge < -0.3 is 19.2 Å². The number of benzene rings is 2. The molecule has 4 heterocycles. The van der Waals surface area contributed by atoms with E-state index in [1.165, 1.54) is 5.56 Å². The average molecular weight is 517 g/mol. The van der Waals surface area contributed by atoms with E-state index in [9.17, 15) is 4.79 Å². The van der Waals surface area contributed by atoms with Crippen molar-refractivity contribution in [1.82, 2.24) is 30.1 Å². The predicted molar refractivity (Wildman–Crippen MR) is 141 cm³/mol. The van der Waals surface area contributed by atoms with Gasteiger partial charge in [0, 0.05) is 36.7 Å². The topological polar surface area (TPSA) is 107 Å². The third kappa shape index (κ3) is 5.01. The Bertz CT molecular complexity index is 1480. The summed E-state index contributed by atoms with van der Waals surface area (Å²) in [5.74, 6) is 2.12. The summed E-state index contributed by atoms with van der Waals surface area (Å²) in [6.07, 6.45) is 2.97. The number of rotatable bonds is 9. The van der Waals surface area contributed by atoms with E-state index >= 15 is 0 Å². The van der Waals surface area contributed by atoms with Crippen LogP contribution < -0.4 is 15.0 Å². The van der Waals surface area contributed by atoms with E-state index in [1.54, 1.807) is 0 Å². The number of hydrogen-bond acceptors (Lipinski definition) is 8. The zero-order valence-corrected chi connectivity index (χ0v) is 21.7. The molecule has 0 aliphatic carbocycles. The second-order valence-corrected chi connectivity index (χ2v) is 10.1. The summed E-state index contributed by atoms with van der Waals surface area (Å²) >= 11 is 0. The number of aryl methyl sites for hydroxylation is 1. The molecule has 2 aliphatic rings. The van der Waals surface area contributed by atoms with Gasteiger partial charge in [-0.1, -0.05) is 36.8 Å². The lowest BCUT2D eigenvalue weighted by Gasteiger charge is -2.30. The number of nitrogens with one attached hydrogen (secondary N) is 1. The first kappa shape index (κ1) is 24.6. The SMILES string of the molecule is CC[C@H](c1nnnn1C[C@@H]1CCCO1)N(Cc1ccc(C)cc1)Cc1cc2cc3c(cc2[nH]c1=O)OCO3. The van der Waals surface area contributed by atoms with Crippen molar-refractivity contribution in [3.05, 3.63) is 75.3 Å². The Morgan fingerprint density at radius 3 is 2.71 bits per heavy atom. The van der Waals surface area contributed by atoms with Crippen LogP contribution in [0.4, 0.5) is 0 Å². The summed E-state index contributed by atoms with van der Waals surface area (Å²) in [6, 6.07) is 14.1. The van der Waals surface area contributed by atoms with Gasteiger partial charge in [-0.05, 0) is 54.3 Å². The monoisotopic (exact) mass is 516 g/mol. The van der Waals surface area contributed by atoms with Crippen LogP contribution in [0.25, 0.3) is 10.9 Å². The summed E-state index contributed by atoms with van der Waals surface area (Å²) in [7, 11) is 0. The minimum atomic E-state index is -0.126. The highest BCUT2D eigenvalue weighted by Gasteiger charge is 2.28. The van der Waals surface area contributed by atoms with E-state index in [0.717, 1.165) is 48.2 Å². The van der Waals surface area contributed by atoms with Gasteiger partial charge in [0.25, 0.3) is 5.56 Å². The fourth-order valence-electron chi connectivity index (χ4n) is 5.35. The van der Waals surface area contributed by atoms with Crippen molar-refractivity contribution in [3.8, 4) is 11.5 Å². The minimum Gasteiger partial charge on any atom is -0.454 e. The van der Waals surface area contributed by atoms with Crippen LogP contribution >= 0.6 is 0 Å². The Balaban J connectivity index is 1.35. The first-order valence-corrected chi connectivity index (χ1v) is 13.2. The lowest BCUT2D eigenvalue weighted by Crippen LogP contribution is -2.33. The number of tetrazole rings is 1. The highest BCUT2D eigenvalue weighted by Crippen LogP contribution is 2.35. The van der Waals surface area contributed by atoms with Gasteiger partial charge in [0.2, 0.25) is 6.79 Å². The molecule has 1 fully saturated rings. The van der Waals surface area contributed by atoms with Gasteiger partial charge in [-0.2, -0.15) is 0 Å². The minimum absolute atomic E-state index is 0.0976. The molecule has 10 heteroatoms. The van der Waals surface area contributed by atoms with Crippen LogP contribution in [0.15, 0.2) is 47.3 Å². The number of fused-ring (bicyclic) bond motifs is 2. The van der Waals surface area contributed by atoms with Crippen molar-refractivity contribution in [2.75, 3.05) is 13.4 Å². The summed E-state index contributed by atoms with van der Waals surface area (Å²) in [4.78, 5) is 18.6. The number of aromatic amines is 1. The summed E-state index contributed by atoms with van der Waals surface area (Å²) < 4.78 is 18.8. The van der Waals surface area contributed by atoms with Crippen molar-refractivity contribution in [2.45, 2.75) is 64.9 Å². The maximum Gasteiger partial charge on any atom is 0.252 e. The standard InChI is InChI=1S/C28H32N6O4/c1-3-24(27-30-31-32-34(27)16-22-5-4-10-36-22)33(14-19-8-6-18(2)7-9-19)15-21-11-20-12-25-26(38-17-37-25)13-23(20)29-28(21)35/h6-9,11-13,22,24H,3-5,10,14-17H2,1-2H3,(H,29,35)/t22-,24+/m0/s1. The molecule has 1 N–H and O–H groups in total. The molecule has 0 spiro atoms. The molecule has 4 aromatic rings. The molecule has 0 radical (unpaired) electrons. The van der Waals surface area contributed by atoms with E-state index < -0.39 is 0 Å². The zero-order chi connectivity index (χ0) is 26.1. The second kappa shape index (κ2) is 10.5. The smallest absolute Gasteiger partial charge is 0.252 e. The quantitative estimate of drug-likeness (QED) is 0.357. The largest absolute Gasteiger partial charge is 0.454 e. The molecule has 38 heavy (non-hydrogen) atoms. The number of nitrogens with zero attached hydrogens (tertiary/aromatic N) is 5. The third-order valence-electron chi connectivity index (χ3n) is 7.38. The van der Waals surface area contributed by atoms with Crippen LogP contribution in [0.2, 0.25) is 0 Å². The zero-order valence-electron chi connectivity index (χ0n) is 21.7. The highest BCUT2D eigenvalue weighted by atomic mass is 16.7. The number of H-pyrrole nitrogens is 1. The van der Waals surface area contributed by atoms with Gasteiger partial charge in [-0.15, -0.1) is 5.10 Å². The van der Waals surface area contributed by atoms with Gasteiger partial charge in [0.15, 0.2) is 17.3 Å². The summed E-state index contributed by atoms with van der Waals surface area (Å²) in [5, 5.41) is 13.7. The normalized spacial score (nSPS) is 17.5. The van der Waals surface area contributed by atoms with Crippen LogP contribution in [0, 0.1) is 6.92 Å². The molecule has 198 valence electrons. The molecule has 0 saturated carbocycles. The van der Waals surface area contributed by atoms with Crippen LogP contribution in [-0.4, -0.2) is 49.6 Å². The molecule has 2 atom stereocenters. The van der Waals surface area contributed by atoms with E-state index in [-0.39, 0.29) is 24.5 Å². The molecular weight excluding hydrogens is 484 g/mol. The fourth-order valence-corrected chi connectivity index (χ4v) is 5.35. The fraction of sp³-hybridized carbons (Fsp3) is 0.429. The van der Waals surface area contributed by atoms with Crippen LogP contribution in [0.3, 0.4) is 0 Å². The van der Waals surface area contributed by atoms with E-state index in [0.29, 0.717) is 36.7 Å². The summed E-state index contributed by atoms with van der Waals surface area (Å²) in [5.41, 5.74) is 3.63. The predicted octanol–water partition coefficient (Wildman–Crippen LogP) is 3.88. The second-order valence-electron chi connectivity index (χ2n) is 10.1. The Morgan fingerprint density at radius 1 is 1.13 bits per heavy atom. The molecular formula is C28H32N6O4.